The van der Waals surface area contributed by atoms with Crippen molar-refractivity contribution in [2.45, 2.75) is 0 Å². The van der Waals surface area contributed by atoms with Gasteiger partial charge in [-0.2, -0.15) is 5.10 Å². The van der Waals surface area contributed by atoms with Crippen LogP contribution in [-0.4, -0.2) is 23.1 Å². The number of amides is 1. The SMILES string of the molecule is O=C(Oc1ccc(Br)cc1C=NNC(=O)c1[nH]c2ccc(I)cc2c1-c1ccccc1)c1ccc(Br)cc1. The number of nitrogens with one attached hydrogen (secondary N) is 2. The lowest BCUT2D eigenvalue weighted by molar-refractivity contribution is 0.0734. The third-order valence-electron chi connectivity index (χ3n) is 5.67. The molecule has 5 aromatic rings. The molecule has 0 bridgehead atoms. The van der Waals surface area contributed by atoms with Gasteiger partial charge < -0.3 is 9.72 Å². The minimum atomic E-state index is -0.501. The van der Waals surface area contributed by atoms with Gasteiger partial charge >= 0.3 is 5.97 Å². The van der Waals surface area contributed by atoms with Gasteiger partial charge in [-0.15, -0.1) is 0 Å². The molecule has 5 rings (SSSR count). The minimum absolute atomic E-state index is 0.310. The van der Waals surface area contributed by atoms with Gasteiger partial charge in [0.05, 0.1) is 11.8 Å². The Morgan fingerprint density at radius 3 is 2.39 bits per heavy atom. The molecule has 1 aromatic heterocycles. The zero-order valence-electron chi connectivity index (χ0n) is 19.5. The third kappa shape index (κ3) is 5.90. The number of hydrogen-bond acceptors (Lipinski definition) is 4. The standard InChI is InChI=1S/C29H18Br2IN3O3/c30-20-8-6-18(7-9-20)29(37)38-25-13-10-21(31)14-19(25)16-33-35-28(36)27-26(17-4-2-1-3-5-17)23-15-22(32)11-12-24(23)34-27/h1-16,34H,(H,35,36). The molecule has 0 unspecified atom stereocenters. The molecule has 0 atom stereocenters. The highest BCUT2D eigenvalue weighted by Crippen LogP contribution is 2.33. The fourth-order valence-electron chi connectivity index (χ4n) is 3.91. The summed E-state index contributed by atoms with van der Waals surface area (Å²) in [6.07, 6.45) is 1.45. The maximum atomic E-state index is 13.3. The van der Waals surface area contributed by atoms with E-state index in [0.717, 1.165) is 34.5 Å². The number of halogens is 3. The van der Waals surface area contributed by atoms with Crippen LogP contribution in [0, 0.1) is 3.57 Å². The van der Waals surface area contributed by atoms with Gasteiger partial charge in [-0.1, -0.05) is 62.2 Å². The predicted octanol–water partition coefficient (Wildman–Crippen LogP) is 7.95. The number of hydrazone groups is 1. The van der Waals surface area contributed by atoms with E-state index in [0.29, 0.717) is 22.6 Å². The van der Waals surface area contributed by atoms with Crippen LogP contribution in [-0.2, 0) is 0 Å². The van der Waals surface area contributed by atoms with Crippen LogP contribution in [0.15, 0.2) is 105 Å². The molecule has 4 aromatic carbocycles. The summed E-state index contributed by atoms with van der Waals surface area (Å²) in [5, 5.41) is 5.12. The topological polar surface area (TPSA) is 83.5 Å². The average Bonchev–Trinajstić information content (AvgIpc) is 3.29. The summed E-state index contributed by atoms with van der Waals surface area (Å²) in [4.78, 5) is 29.1. The third-order valence-corrected chi connectivity index (χ3v) is 7.37. The Hall–Kier alpha value is -3.28. The van der Waals surface area contributed by atoms with Gasteiger partial charge in [0, 0.05) is 34.5 Å². The molecule has 0 aliphatic rings. The van der Waals surface area contributed by atoms with E-state index in [1.165, 1.54) is 6.21 Å². The van der Waals surface area contributed by atoms with Crippen molar-refractivity contribution in [2.24, 2.45) is 5.10 Å². The number of carbonyl (C=O) groups excluding carboxylic acids is 2. The van der Waals surface area contributed by atoms with Gasteiger partial charge in [0.25, 0.3) is 5.91 Å². The largest absolute Gasteiger partial charge is 0.422 e. The van der Waals surface area contributed by atoms with Gasteiger partial charge in [-0.3, -0.25) is 4.79 Å². The normalized spacial score (nSPS) is 11.1. The van der Waals surface area contributed by atoms with Gasteiger partial charge in [0.2, 0.25) is 0 Å². The minimum Gasteiger partial charge on any atom is -0.422 e. The van der Waals surface area contributed by atoms with Crippen molar-refractivity contribution in [1.29, 1.82) is 0 Å². The number of carbonyl (C=O) groups is 2. The molecule has 0 aliphatic carbocycles. The summed E-state index contributed by atoms with van der Waals surface area (Å²) in [5.74, 6) is -0.585. The maximum Gasteiger partial charge on any atom is 0.343 e. The van der Waals surface area contributed by atoms with Crippen LogP contribution in [0.2, 0.25) is 0 Å². The first-order chi connectivity index (χ1) is 18.4. The number of benzene rings is 4. The Labute approximate surface area is 248 Å². The molecule has 0 saturated heterocycles. The van der Waals surface area contributed by atoms with E-state index in [4.69, 9.17) is 4.74 Å². The molecule has 9 heteroatoms. The molecule has 0 saturated carbocycles. The zero-order valence-corrected chi connectivity index (χ0v) is 24.9. The molecular weight excluding hydrogens is 725 g/mol. The van der Waals surface area contributed by atoms with E-state index in [1.54, 1.807) is 42.5 Å². The first kappa shape index (κ1) is 26.3. The highest BCUT2D eigenvalue weighted by Gasteiger charge is 2.19. The van der Waals surface area contributed by atoms with Crippen molar-refractivity contribution < 1.29 is 14.3 Å². The summed E-state index contributed by atoms with van der Waals surface area (Å²) in [7, 11) is 0. The summed E-state index contributed by atoms with van der Waals surface area (Å²) >= 11 is 9.05. The summed E-state index contributed by atoms with van der Waals surface area (Å²) < 4.78 is 8.31. The van der Waals surface area contributed by atoms with Crippen LogP contribution >= 0.6 is 54.5 Å². The fourth-order valence-corrected chi connectivity index (χ4v) is 5.05. The first-order valence-electron chi connectivity index (χ1n) is 11.4. The molecule has 0 aliphatic heterocycles. The van der Waals surface area contributed by atoms with Crippen LogP contribution in [0.5, 0.6) is 5.75 Å². The van der Waals surface area contributed by atoms with Gasteiger partial charge in [0.15, 0.2) is 0 Å². The van der Waals surface area contributed by atoms with E-state index in [2.05, 4.69) is 70.0 Å². The number of H-pyrrole nitrogens is 1. The Balaban J connectivity index is 1.41. The highest BCUT2D eigenvalue weighted by molar-refractivity contribution is 14.1. The van der Waals surface area contributed by atoms with Crippen LogP contribution in [0.1, 0.15) is 26.4 Å². The second kappa shape index (κ2) is 11.6. The molecular formula is C29H18Br2IN3O3. The molecule has 188 valence electrons. The molecule has 38 heavy (non-hydrogen) atoms. The van der Waals surface area contributed by atoms with E-state index in [-0.39, 0.29) is 0 Å². The van der Waals surface area contributed by atoms with Crippen molar-refractivity contribution in [3.8, 4) is 16.9 Å². The Kier molecular flexibility index (Phi) is 8.06. The van der Waals surface area contributed by atoms with E-state index in [9.17, 15) is 9.59 Å². The molecule has 1 heterocycles. The summed E-state index contributed by atoms with van der Waals surface area (Å²) in [5.41, 5.74) is 6.52. The lowest BCUT2D eigenvalue weighted by atomic mass is 10.0. The monoisotopic (exact) mass is 741 g/mol. The lowest BCUT2D eigenvalue weighted by Gasteiger charge is -2.08. The van der Waals surface area contributed by atoms with Crippen molar-refractivity contribution in [2.75, 3.05) is 0 Å². The predicted molar refractivity (Wildman–Crippen MR) is 165 cm³/mol. The molecule has 0 radical (unpaired) electrons. The molecule has 1 amide bonds. The average molecular weight is 743 g/mol. The quantitative estimate of drug-likeness (QED) is 0.0610. The second-order valence-corrected chi connectivity index (χ2v) is 11.3. The van der Waals surface area contributed by atoms with E-state index < -0.39 is 11.9 Å². The smallest absolute Gasteiger partial charge is 0.343 e. The number of ether oxygens (including phenoxy) is 1. The Bertz CT molecular complexity index is 1680. The highest BCUT2D eigenvalue weighted by atomic mass is 127. The molecule has 6 nitrogen and oxygen atoms in total. The van der Waals surface area contributed by atoms with Crippen LogP contribution in [0.3, 0.4) is 0 Å². The van der Waals surface area contributed by atoms with Crippen LogP contribution in [0.25, 0.3) is 22.0 Å². The van der Waals surface area contributed by atoms with E-state index >= 15 is 0 Å². The van der Waals surface area contributed by atoms with Gasteiger partial charge in [-0.25, -0.2) is 10.2 Å². The number of rotatable bonds is 6. The van der Waals surface area contributed by atoms with Crippen LogP contribution in [0.4, 0.5) is 0 Å². The molecule has 0 spiro atoms. The Morgan fingerprint density at radius 2 is 1.63 bits per heavy atom. The van der Waals surface area contributed by atoms with E-state index in [1.807, 2.05) is 48.5 Å². The van der Waals surface area contributed by atoms with Crippen molar-refractivity contribution in [3.05, 3.63) is 120 Å². The number of nitrogens with zero attached hydrogens (tertiary/aromatic N) is 1. The number of hydrogen-bond donors (Lipinski definition) is 2. The Morgan fingerprint density at radius 1 is 0.895 bits per heavy atom. The van der Waals surface area contributed by atoms with Crippen LogP contribution < -0.4 is 10.2 Å². The lowest BCUT2D eigenvalue weighted by Crippen LogP contribution is -2.19. The zero-order chi connectivity index (χ0) is 26.6. The second-order valence-electron chi connectivity index (χ2n) is 8.21. The summed E-state index contributed by atoms with van der Waals surface area (Å²) in [6, 6.07) is 27.8. The van der Waals surface area contributed by atoms with Crippen molar-refractivity contribution >= 4 is 83.4 Å². The molecule has 0 fully saturated rings. The van der Waals surface area contributed by atoms with Gasteiger partial charge in [0.1, 0.15) is 11.4 Å². The number of fused-ring (bicyclic) bond motifs is 1. The first-order valence-corrected chi connectivity index (χ1v) is 14.0. The van der Waals surface area contributed by atoms with Crippen molar-refractivity contribution in [3.63, 3.8) is 0 Å². The number of aromatic amines is 1. The number of esters is 1. The van der Waals surface area contributed by atoms with Crippen molar-refractivity contribution in [1.82, 2.24) is 10.4 Å². The van der Waals surface area contributed by atoms with Gasteiger partial charge in [-0.05, 0) is 88.8 Å². The fraction of sp³-hybridized carbons (Fsp3) is 0. The summed E-state index contributed by atoms with van der Waals surface area (Å²) in [6.45, 7) is 0. The molecule has 2 N–H and O–H groups in total. The maximum absolute atomic E-state index is 13.3. The number of aromatic nitrogens is 1.